The van der Waals surface area contributed by atoms with Gasteiger partial charge in [0.1, 0.15) is 11.8 Å². The highest BCUT2D eigenvalue weighted by atomic mass is 35.5. The molecule has 5 aromatic rings. The summed E-state index contributed by atoms with van der Waals surface area (Å²) < 4.78 is 15.4. The molecule has 0 unspecified atom stereocenters. The van der Waals surface area contributed by atoms with Gasteiger partial charge < -0.3 is 14.0 Å². The molecule has 0 aliphatic carbocycles. The molecular weight excluding hydrogens is 652 g/mol. The third-order valence-corrected chi connectivity index (χ3v) is 9.64. The van der Waals surface area contributed by atoms with E-state index in [4.69, 9.17) is 26.1 Å². The normalized spacial score (nSPS) is 14.6. The van der Waals surface area contributed by atoms with E-state index in [1.165, 1.54) is 30.6 Å². The van der Waals surface area contributed by atoms with Crippen LogP contribution in [0.3, 0.4) is 0 Å². The lowest BCUT2D eigenvalue weighted by molar-refractivity contribution is -0.384. The molecule has 0 spiro atoms. The fraction of sp³-hybridized carbons (Fsp3) is 0.250. The Morgan fingerprint density at radius 2 is 1.88 bits per heavy atom. The van der Waals surface area contributed by atoms with Crippen molar-refractivity contribution in [3.8, 4) is 5.75 Å². The Hall–Kier alpha value is -5.00. The smallest absolute Gasteiger partial charge is 0.338 e. The number of ether oxygens (including phenoxy) is 2. The molecule has 3 heterocycles. The number of allylic oxidation sites excluding steroid dienone is 1. The van der Waals surface area contributed by atoms with Crippen molar-refractivity contribution in [2.45, 2.75) is 46.2 Å². The Morgan fingerprint density at radius 1 is 1.12 bits per heavy atom. The lowest BCUT2D eigenvalue weighted by Crippen LogP contribution is -2.40. The second-order valence-corrected chi connectivity index (χ2v) is 12.8. The second kappa shape index (κ2) is 13.6. The number of methoxy groups -OCH3 is 1. The van der Waals surface area contributed by atoms with E-state index in [0.29, 0.717) is 44.3 Å². The molecule has 12 heteroatoms. The second-order valence-electron chi connectivity index (χ2n) is 11.3. The van der Waals surface area contributed by atoms with E-state index in [9.17, 15) is 19.7 Å². The number of hydrogen-bond acceptors (Lipinski definition) is 8. The van der Waals surface area contributed by atoms with E-state index < -0.39 is 16.9 Å². The third-order valence-electron chi connectivity index (χ3n) is 8.42. The third kappa shape index (κ3) is 5.95. The molecule has 0 saturated carbocycles. The van der Waals surface area contributed by atoms with E-state index in [2.05, 4.69) is 4.57 Å². The van der Waals surface area contributed by atoms with Crippen LogP contribution in [0.15, 0.2) is 87.8 Å². The number of fused-ring (bicyclic) bond motifs is 2. The van der Waals surface area contributed by atoms with Crippen molar-refractivity contribution in [3.05, 3.63) is 135 Å². The summed E-state index contributed by atoms with van der Waals surface area (Å²) in [6, 6.07) is 18.7. The highest BCUT2D eigenvalue weighted by Gasteiger charge is 2.36. The first-order valence-electron chi connectivity index (χ1n) is 15.5. The molecule has 0 amide bonds. The maximum absolute atomic E-state index is 14.5. The number of benzene rings is 3. The number of halogens is 1. The summed E-state index contributed by atoms with van der Waals surface area (Å²) in [5, 5.41) is 12.6. The van der Waals surface area contributed by atoms with Crippen LogP contribution in [0, 0.1) is 17.0 Å². The lowest BCUT2D eigenvalue weighted by Gasteiger charge is -2.27. The largest absolute Gasteiger partial charge is 0.496 e. The molecule has 48 heavy (non-hydrogen) atoms. The van der Waals surface area contributed by atoms with Crippen LogP contribution >= 0.6 is 22.9 Å². The van der Waals surface area contributed by atoms with Gasteiger partial charge in [0.25, 0.3) is 11.2 Å². The van der Waals surface area contributed by atoms with Crippen LogP contribution in [0.4, 0.5) is 5.69 Å². The van der Waals surface area contributed by atoms with Gasteiger partial charge in [0.15, 0.2) is 4.80 Å². The van der Waals surface area contributed by atoms with Crippen molar-refractivity contribution >= 4 is 51.6 Å². The summed E-state index contributed by atoms with van der Waals surface area (Å²) in [5.41, 5.74) is 4.78. The number of thiazole rings is 1. The molecule has 0 saturated heterocycles. The number of hydrogen-bond donors (Lipinski definition) is 0. The molecule has 0 fully saturated rings. The van der Waals surface area contributed by atoms with Gasteiger partial charge in [-0.25, -0.2) is 9.79 Å². The number of nitro benzene ring substituents is 1. The van der Waals surface area contributed by atoms with Gasteiger partial charge in [-0.15, -0.1) is 0 Å². The number of rotatable bonds is 10. The lowest BCUT2D eigenvalue weighted by atomic mass is 9.93. The molecule has 0 N–H and O–H groups in total. The van der Waals surface area contributed by atoms with E-state index in [0.717, 1.165) is 34.1 Å². The minimum Gasteiger partial charge on any atom is -0.496 e. The topological polar surface area (TPSA) is 118 Å². The van der Waals surface area contributed by atoms with Crippen LogP contribution in [0.25, 0.3) is 17.0 Å². The molecule has 1 atom stereocenters. The molecule has 0 bridgehead atoms. The molecule has 1 aliphatic rings. The molecule has 1 aliphatic heterocycles. The molecule has 0 radical (unpaired) electrons. The fourth-order valence-electron chi connectivity index (χ4n) is 6.21. The van der Waals surface area contributed by atoms with E-state index in [-0.39, 0.29) is 23.4 Å². The first kappa shape index (κ1) is 32.9. The van der Waals surface area contributed by atoms with Gasteiger partial charge in [-0.2, -0.15) is 0 Å². The summed E-state index contributed by atoms with van der Waals surface area (Å²) in [5.74, 6) is -0.0696. The highest BCUT2D eigenvalue weighted by Crippen LogP contribution is 2.38. The van der Waals surface area contributed by atoms with Crippen molar-refractivity contribution in [1.82, 2.24) is 9.13 Å². The highest BCUT2D eigenvalue weighted by molar-refractivity contribution is 7.07. The molecule has 2 aromatic heterocycles. The van der Waals surface area contributed by atoms with Gasteiger partial charge in [0.2, 0.25) is 0 Å². The Bertz CT molecular complexity index is 2280. The van der Waals surface area contributed by atoms with Crippen LogP contribution in [-0.4, -0.2) is 33.7 Å². The van der Waals surface area contributed by atoms with E-state index in [1.54, 1.807) is 41.8 Å². The Labute approximate surface area is 285 Å². The van der Waals surface area contributed by atoms with Crippen molar-refractivity contribution in [2.75, 3.05) is 13.7 Å². The summed E-state index contributed by atoms with van der Waals surface area (Å²) >= 11 is 7.74. The molecule has 10 nitrogen and oxygen atoms in total. The standard InChI is InChI=1S/C36H33ClN4O6S/c1-5-9-28-32(35(43)47-6-2)33(27-18-23(37)14-17-30(27)46-4)40-34(42)31(48-36(40)38-28)19-26-21(3)39(29-11-8-7-10-25(26)29)20-22-12-15-24(16-13-22)41(44)45/h7-8,10-19,33H,5-6,9,20H2,1-4H3/b31-19+/t33-/m1/s1. The van der Waals surface area contributed by atoms with Crippen molar-refractivity contribution < 1.29 is 19.2 Å². The average molecular weight is 685 g/mol. The Balaban J connectivity index is 1.57. The van der Waals surface area contributed by atoms with Gasteiger partial charge in [0, 0.05) is 51.4 Å². The van der Waals surface area contributed by atoms with Crippen LogP contribution in [0.1, 0.15) is 55.1 Å². The number of carbonyl (C=O) groups is 1. The van der Waals surface area contributed by atoms with E-state index >= 15 is 0 Å². The van der Waals surface area contributed by atoms with Crippen LogP contribution < -0.4 is 19.6 Å². The monoisotopic (exact) mass is 684 g/mol. The van der Waals surface area contributed by atoms with Gasteiger partial charge in [0.05, 0.1) is 34.4 Å². The quantitative estimate of drug-likeness (QED) is 0.0947. The van der Waals surface area contributed by atoms with E-state index in [1.807, 2.05) is 44.2 Å². The molecule has 6 rings (SSSR count). The number of aromatic nitrogens is 2. The molecule has 246 valence electrons. The van der Waals surface area contributed by atoms with Gasteiger partial charge in [-0.05, 0) is 56.2 Å². The molecular formula is C36H33ClN4O6S. The fourth-order valence-corrected chi connectivity index (χ4v) is 7.40. The number of nitrogens with zero attached hydrogens (tertiary/aromatic N) is 4. The van der Waals surface area contributed by atoms with Gasteiger partial charge in [-0.1, -0.05) is 66.6 Å². The number of esters is 1. The van der Waals surface area contributed by atoms with Crippen molar-refractivity contribution in [3.63, 3.8) is 0 Å². The first-order chi connectivity index (χ1) is 23.2. The number of carbonyl (C=O) groups excluding carboxylic acids is 1. The maximum atomic E-state index is 14.5. The maximum Gasteiger partial charge on any atom is 0.338 e. The zero-order valence-corrected chi connectivity index (χ0v) is 28.4. The van der Waals surface area contributed by atoms with Crippen LogP contribution in [0.5, 0.6) is 5.75 Å². The first-order valence-corrected chi connectivity index (χ1v) is 16.7. The minimum atomic E-state index is -0.873. The predicted octanol–water partition coefficient (Wildman–Crippen LogP) is 6.46. The number of para-hydroxylation sites is 1. The van der Waals surface area contributed by atoms with Gasteiger partial charge in [-0.3, -0.25) is 19.5 Å². The Morgan fingerprint density at radius 3 is 2.56 bits per heavy atom. The molecule has 3 aromatic carbocycles. The van der Waals surface area contributed by atoms with Crippen molar-refractivity contribution in [2.24, 2.45) is 4.99 Å². The summed E-state index contributed by atoms with van der Waals surface area (Å²) in [6.07, 6.45) is 3.12. The summed E-state index contributed by atoms with van der Waals surface area (Å²) in [6.45, 7) is 6.38. The minimum absolute atomic E-state index is 0.0332. The van der Waals surface area contributed by atoms with Crippen molar-refractivity contribution in [1.29, 1.82) is 0 Å². The predicted molar refractivity (Wildman–Crippen MR) is 187 cm³/mol. The average Bonchev–Trinajstić information content (AvgIpc) is 3.53. The summed E-state index contributed by atoms with van der Waals surface area (Å²) in [7, 11) is 1.53. The van der Waals surface area contributed by atoms with Gasteiger partial charge >= 0.3 is 5.97 Å². The SMILES string of the molecule is CCCC1=C(C(=O)OCC)[C@@H](c2cc(Cl)ccc2OC)n2c(s/c(=C/c3c(C)n(Cc4ccc([N+](=O)[O-])cc4)c4ccccc34)c2=O)=N1. The van der Waals surface area contributed by atoms with Crippen LogP contribution in [0.2, 0.25) is 5.02 Å². The summed E-state index contributed by atoms with van der Waals surface area (Å²) in [4.78, 5) is 44.2. The number of non-ortho nitro benzene ring substituents is 1. The Kier molecular flexibility index (Phi) is 9.34. The zero-order valence-electron chi connectivity index (χ0n) is 26.9. The zero-order chi connectivity index (χ0) is 34.1. The van der Waals surface area contributed by atoms with Crippen LogP contribution in [-0.2, 0) is 16.1 Å². The number of nitro groups is 1.